The Labute approximate surface area is 185 Å². The predicted molar refractivity (Wildman–Crippen MR) is 118 cm³/mol. The van der Waals surface area contributed by atoms with E-state index in [9.17, 15) is 15.0 Å². The van der Waals surface area contributed by atoms with Crippen molar-refractivity contribution >= 4 is 12.3 Å². The van der Waals surface area contributed by atoms with E-state index in [4.69, 9.17) is 4.74 Å². The van der Waals surface area contributed by atoms with Crippen molar-refractivity contribution in [1.29, 1.82) is 0 Å². The highest BCUT2D eigenvalue weighted by molar-refractivity contribution is 5.58. The molecule has 2 aromatic carbocycles. The van der Waals surface area contributed by atoms with Crippen LogP contribution < -0.4 is 5.69 Å². The van der Waals surface area contributed by atoms with Gasteiger partial charge in [0.25, 0.3) is 5.95 Å². The number of aliphatic hydroxyl groups is 2. The van der Waals surface area contributed by atoms with Gasteiger partial charge in [-0.2, -0.15) is 4.98 Å². The Kier molecular flexibility index (Phi) is 7.00. The van der Waals surface area contributed by atoms with Crippen LogP contribution in [0.4, 0.5) is 5.95 Å². The van der Waals surface area contributed by atoms with Gasteiger partial charge >= 0.3 is 5.69 Å². The molecule has 1 aliphatic rings. The highest BCUT2D eigenvalue weighted by Crippen LogP contribution is 2.27. The maximum absolute atomic E-state index is 12.5. The molecule has 3 atom stereocenters. The molecule has 9 nitrogen and oxygen atoms in total. The smallest absolute Gasteiger partial charge is 0.354 e. The third-order valence-electron chi connectivity index (χ3n) is 5.20. The van der Waals surface area contributed by atoms with Crippen molar-refractivity contribution in [2.75, 3.05) is 6.61 Å². The molecular weight excluding hydrogens is 410 g/mol. The summed E-state index contributed by atoms with van der Waals surface area (Å²) >= 11 is 0. The van der Waals surface area contributed by atoms with Gasteiger partial charge in [-0.15, -0.1) is 0 Å². The second-order valence-electron chi connectivity index (χ2n) is 7.58. The Morgan fingerprint density at radius 3 is 2.25 bits per heavy atom. The van der Waals surface area contributed by atoms with E-state index in [0.29, 0.717) is 13.1 Å². The monoisotopic (exact) mass is 435 g/mol. The standard InChI is InChI=1S/C23H25N5O4/c29-14-20-19(30)11-21(32-20)28-16-25-22(26-23(28)31)24-15-27(12-17-7-3-1-4-8-17)13-18-9-5-2-6-10-18/h1-10,15-16,19-21,29-30H,11-14H2/b24-15-/t19-,20+,21+/m0/s1. The van der Waals surface area contributed by atoms with Gasteiger partial charge in [-0.1, -0.05) is 60.7 Å². The Balaban J connectivity index is 1.50. The normalized spacial score (nSPS) is 20.6. The van der Waals surface area contributed by atoms with E-state index < -0.39 is 24.1 Å². The SMILES string of the molecule is O=c1nc(/N=C\N(Cc2ccccc2)Cc2ccccc2)ncn1[C@H]1C[C@H](O)[C@@H](CO)O1. The topological polar surface area (TPSA) is 113 Å². The molecule has 0 bridgehead atoms. The molecule has 32 heavy (non-hydrogen) atoms. The van der Waals surface area contributed by atoms with E-state index in [1.54, 1.807) is 6.34 Å². The Hall–Kier alpha value is -3.40. The summed E-state index contributed by atoms with van der Waals surface area (Å²) in [4.78, 5) is 26.9. The first kappa shape index (κ1) is 21.8. The molecule has 0 spiro atoms. The van der Waals surface area contributed by atoms with Gasteiger partial charge in [0.15, 0.2) is 0 Å². The minimum Gasteiger partial charge on any atom is -0.394 e. The van der Waals surface area contributed by atoms with Crippen molar-refractivity contribution in [3.8, 4) is 0 Å². The third kappa shape index (κ3) is 5.44. The van der Waals surface area contributed by atoms with Gasteiger partial charge in [0, 0.05) is 19.5 Å². The molecule has 0 saturated carbocycles. The van der Waals surface area contributed by atoms with Crippen molar-refractivity contribution in [3.63, 3.8) is 0 Å². The van der Waals surface area contributed by atoms with E-state index in [0.717, 1.165) is 11.1 Å². The Morgan fingerprint density at radius 2 is 1.72 bits per heavy atom. The fourth-order valence-electron chi connectivity index (χ4n) is 3.55. The zero-order chi connectivity index (χ0) is 22.3. The van der Waals surface area contributed by atoms with Crippen LogP contribution in [0.15, 0.2) is 76.8 Å². The van der Waals surface area contributed by atoms with Gasteiger partial charge in [-0.05, 0) is 11.1 Å². The van der Waals surface area contributed by atoms with Crippen molar-refractivity contribution in [3.05, 3.63) is 88.6 Å². The van der Waals surface area contributed by atoms with E-state index >= 15 is 0 Å². The second-order valence-corrected chi connectivity index (χ2v) is 7.58. The average molecular weight is 435 g/mol. The molecule has 0 radical (unpaired) electrons. The van der Waals surface area contributed by atoms with Crippen LogP contribution in [0.5, 0.6) is 0 Å². The van der Waals surface area contributed by atoms with Gasteiger partial charge in [0.2, 0.25) is 0 Å². The van der Waals surface area contributed by atoms with E-state index in [2.05, 4.69) is 15.0 Å². The number of aromatic nitrogens is 3. The molecule has 1 fully saturated rings. The van der Waals surface area contributed by atoms with E-state index in [-0.39, 0.29) is 19.0 Å². The van der Waals surface area contributed by atoms with Crippen molar-refractivity contribution in [2.24, 2.45) is 4.99 Å². The molecule has 1 aliphatic heterocycles. The number of benzene rings is 2. The van der Waals surface area contributed by atoms with Gasteiger partial charge in [0.05, 0.1) is 19.0 Å². The summed E-state index contributed by atoms with van der Waals surface area (Å²) < 4.78 is 6.69. The molecule has 0 unspecified atom stereocenters. The summed E-state index contributed by atoms with van der Waals surface area (Å²) in [6.07, 6.45) is 0.821. The summed E-state index contributed by atoms with van der Waals surface area (Å²) in [6.45, 7) is 0.938. The molecule has 0 amide bonds. The van der Waals surface area contributed by atoms with Crippen LogP contribution in [0.1, 0.15) is 23.8 Å². The minimum atomic E-state index is -0.848. The summed E-state index contributed by atoms with van der Waals surface area (Å²) in [7, 11) is 0. The summed E-state index contributed by atoms with van der Waals surface area (Å²) in [6, 6.07) is 20.0. The molecule has 4 rings (SSSR count). The summed E-state index contributed by atoms with van der Waals surface area (Å²) in [5, 5.41) is 19.1. The van der Waals surface area contributed by atoms with Gasteiger partial charge in [-0.25, -0.2) is 14.8 Å². The van der Waals surface area contributed by atoms with Crippen LogP contribution in [0.3, 0.4) is 0 Å². The Morgan fingerprint density at radius 1 is 1.09 bits per heavy atom. The number of hydrogen-bond acceptors (Lipinski definition) is 7. The molecule has 166 valence electrons. The van der Waals surface area contributed by atoms with Gasteiger partial charge in [-0.3, -0.25) is 4.57 Å². The van der Waals surface area contributed by atoms with Crippen LogP contribution in [0, 0.1) is 0 Å². The molecule has 1 saturated heterocycles. The minimum absolute atomic E-state index is 0.0367. The number of ether oxygens (including phenoxy) is 1. The highest BCUT2D eigenvalue weighted by atomic mass is 16.5. The fourth-order valence-corrected chi connectivity index (χ4v) is 3.55. The van der Waals surface area contributed by atoms with Crippen LogP contribution in [-0.4, -0.2) is 54.8 Å². The summed E-state index contributed by atoms with van der Waals surface area (Å²) in [5.41, 5.74) is 1.67. The molecule has 0 aliphatic carbocycles. The van der Waals surface area contributed by atoms with Crippen molar-refractivity contribution in [2.45, 2.75) is 37.9 Å². The zero-order valence-electron chi connectivity index (χ0n) is 17.4. The molecular formula is C23H25N5O4. The van der Waals surface area contributed by atoms with E-state index in [1.807, 2.05) is 65.6 Å². The zero-order valence-corrected chi connectivity index (χ0v) is 17.4. The predicted octanol–water partition coefficient (Wildman–Crippen LogP) is 1.64. The lowest BCUT2D eigenvalue weighted by Crippen LogP contribution is -2.28. The summed E-state index contributed by atoms with van der Waals surface area (Å²) in [5.74, 6) is 0.0367. The molecule has 1 aromatic heterocycles. The lowest BCUT2D eigenvalue weighted by molar-refractivity contribution is -0.0462. The fraction of sp³-hybridized carbons (Fsp3) is 0.304. The first-order valence-electron chi connectivity index (χ1n) is 10.4. The first-order chi connectivity index (χ1) is 15.6. The quantitative estimate of drug-likeness (QED) is 0.408. The molecule has 3 aromatic rings. The third-order valence-corrected chi connectivity index (χ3v) is 5.20. The number of aliphatic hydroxyl groups excluding tert-OH is 2. The van der Waals surface area contributed by atoms with Crippen LogP contribution in [0.25, 0.3) is 0 Å². The molecule has 2 N–H and O–H groups in total. The highest BCUT2D eigenvalue weighted by Gasteiger charge is 2.35. The van der Waals surface area contributed by atoms with Crippen molar-refractivity contribution in [1.82, 2.24) is 19.4 Å². The van der Waals surface area contributed by atoms with E-state index in [1.165, 1.54) is 10.9 Å². The lowest BCUT2D eigenvalue weighted by atomic mass is 10.2. The lowest BCUT2D eigenvalue weighted by Gasteiger charge is -2.19. The maximum atomic E-state index is 12.5. The first-order valence-corrected chi connectivity index (χ1v) is 10.4. The van der Waals surface area contributed by atoms with Crippen molar-refractivity contribution < 1.29 is 14.9 Å². The van der Waals surface area contributed by atoms with Crippen LogP contribution >= 0.6 is 0 Å². The number of aliphatic imine (C=N–C) groups is 1. The number of rotatable bonds is 8. The van der Waals surface area contributed by atoms with Gasteiger partial charge < -0.3 is 19.8 Å². The maximum Gasteiger partial charge on any atom is 0.354 e. The molecule has 9 heteroatoms. The van der Waals surface area contributed by atoms with Crippen LogP contribution in [-0.2, 0) is 17.8 Å². The second kappa shape index (κ2) is 10.3. The number of hydrogen-bond donors (Lipinski definition) is 2. The molecule has 2 heterocycles. The van der Waals surface area contributed by atoms with Crippen LogP contribution in [0.2, 0.25) is 0 Å². The number of nitrogens with zero attached hydrogens (tertiary/aromatic N) is 5. The average Bonchev–Trinajstić information content (AvgIpc) is 3.19. The largest absolute Gasteiger partial charge is 0.394 e. The Bertz CT molecular complexity index is 1050. The van der Waals surface area contributed by atoms with Gasteiger partial charge in [0.1, 0.15) is 18.7 Å².